The lowest BCUT2D eigenvalue weighted by atomic mass is 10.0. The molecule has 0 unspecified atom stereocenters. The van der Waals surface area contributed by atoms with Crippen LogP contribution in [-0.2, 0) is 6.54 Å². The minimum absolute atomic E-state index is 0.123. The Balaban J connectivity index is 2.14. The molecule has 0 aliphatic heterocycles. The molecule has 2 nitrogen and oxygen atoms in total. The van der Waals surface area contributed by atoms with Crippen molar-refractivity contribution in [2.45, 2.75) is 52.5 Å². The van der Waals surface area contributed by atoms with E-state index in [1.54, 1.807) is 12.1 Å². The van der Waals surface area contributed by atoms with Crippen molar-refractivity contribution >= 4 is 0 Å². The lowest BCUT2D eigenvalue weighted by Gasteiger charge is -2.07. The van der Waals surface area contributed by atoms with Gasteiger partial charge in [0.05, 0.1) is 5.56 Å². The molecule has 1 N–H and O–H groups in total. The molecule has 0 amide bonds. The van der Waals surface area contributed by atoms with Crippen LogP contribution in [0.25, 0.3) is 0 Å². The van der Waals surface area contributed by atoms with Gasteiger partial charge in [-0.15, -0.1) is 0 Å². The molecule has 0 saturated carbocycles. The topological polar surface area (TPSA) is 35.8 Å². The molecule has 0 bridgehead atoms. The van der Waals surface area contributed by atoms with Crippen molar-refractivity contribution in [2.24, 2.45) is 5.92 Å². The van der Waals surface area contributed by atoms with Gasteiger partial charge in [0.1, 0.15) is 11.9 Å². The molecule has 0 fully saturated rings. The molecule has 1 aromatic rings. The van der Waals surface area contributed by atoms with Gasteiger partial charge >= 0.3 is 0 Å². The van der Waals surface area contributed by atoms with E-state index in [1.807, 2.05) is 6.07 Å². The van der Waals surface area contributed by atoms with E-state index < -0.39 is 0 Å². The van der Waals surface area contributed by atoms with Crippen LogP contribution in [0.5, 0.6) is 0 Å². The zero-order valence-corrected chi connectivity index (χ0v) is 12.6. The van der Waals surface area contributed by atoms with E-state index in [9.17, 15) is 4.39 Å². The second-order valence-corrected chi connectivity index (χ2v) is 5.66. The van der Waals surface area contributed by atoms with E-state index >= 15 is 0 Å². The first kappa shape index (κ1) is 16.7. The first-order chi connectivity index (χ1) is 9.65. The highest BCUT2D eigenvalue weighted by atomic mass is 19.1. The molecule has 0 aromatic heterocycles. The van der Waals surface area contributed by atoms with E-state index in [2.05, 4.69) is 19.2 Å². The Labute approximate surface area is 122 Å². The summed E-state index contributed by atoms with van der Waals surface area (Å²) in [5.74, 6) is 0.406. The summed E-state index contributed by atoms with van der Waals surface area (Å²) in [6.45, 7) is 5.90. The summed E-state index contributed by atoms with van der Waals surface area (Å²) in [5, 5.41) is 12.0. The molecule has 0 saturated heterocycles. The van der Waals surface area contributed by atoms with Crippen LogP contribution in [0.15, 0.2) is 18.2 Å². The van der Waals surface area contributed by atoms with Gasteiger partial charge in [-0.1, -0.05) is 51.7 Å². The second-order valence-electron chi connectivity index (χ2n) is 5.66. The maximum absolute atomic E-state index is 13.8. The number of nitriles is 1. The quantitative estimate of drug-likeness (QED) is 0.679. The average Bonchev–Trinajstić information content (AvgIpc) is 2.43. The molecule has 0 spiro atoms. The lowest BCUT2D eigenvalue weighted by Crippen LogP contribution is -2.16. The molecular weight excluding hydrogens is 251 g/mol. The summed E-state index contributed by atoms with van der Waals surface area (Å²) in [7, 11) is 0. The molecule has 0 radical (unpaired) electrons. The second kappa shape index (κ2) is 9.50. The molecular formula is C17H25FN2. The summed E-state index contributed by atoms with van der Waals surface area (Å²) in [5.41, 5.74) is 0.696. The van der Waals surface area contributed by atoms with Gasteiger partial charge in [-0.05, 0) is 24.9 Å². The number of rotatable bonds is 9. The Morgan fingerprint density at radius 3 is 2.65 bits per heavy atom. The Bertz CT molecular complexity index is 435. The molecule has 0 aliphatic rings. The molecule has 20 heavy (non-hydrogen) atoms. The highest BCUT2D eigenvalue weighted by molar-refractivity contribution is 5.34. The first-order valence-electron chi connectivity index (χ1n) is 7.53. The predicted molar refractivity (Wildman–Crippen MR) is 80.7 cm³/mol. The van der Waals surface area contributed by atoms with Gasteiger partial charge in [-0.3, -0.25) is 0 Å². The van der Waals surface area contributed by atoms with Crippen molar-refractivity contribution in [3.8, 4) is 6.07 Å². The van der Waals surface area contributed by atoms with Gasteiger partial charge in [0.15, 0.2) is 0 Å². The molecule has 110 valence electrons. The van der Waals surface area contributed by atoms with Crippen molar-refractivity contribution in [1.29, 1.82) is 5.26 Å². The Kier molecular flexibility index (Phi) is 7.91. The number of hydrogen-bond acceptors (Lipinski definition) is 2. The Hall–Kier alpha value is -1.40. The lowest BCUT2D eigenvalue weighted by molar-refractivity contribution is 0.510. The fourth-order valence-corrected chi connectivity index (χ4v) is 2.18. The maximum Gasteiger partial charge on any atom is 0.145 e. The average molecular weight is 276 g/mol. The van der Waals surface area contributed by atoms with Crippen LogP contribution < -0.4 is 5.32 Å². The fourth-order valence-electron chi connectivity index (χ4n) is 2.18. The van der Waals surface area contributed by atoms with Crippen LogP contribution >= 0.6 is 0 Å². The van der Waals surface area contributed by atoms with Crippen molar-refractivity contribution in [2.75, 3.05) is 6.54 Å². The zero-order chi connectivity index (χ0) is 14.8. The summed E-state index contributed by atoms with van der Waals surface area (Å²) < 4.78 is 13.8. The third-order valence-electron chi connectivity index (χ3n) is 3.40. The normalized spacial score (nSPS) is 10.8. The van der Waals surface area contributed by atoms with Gasteiger partial charge in [0.2, 0.25) is 0 Å². The first-order valence-corrected chi connectivity index (χ1v) is 7.53. The SMILES string of the molecule is CC(C)CCCCCCNCc1cccc(C#N)c1F. The summed E-state index contributed by atoms with van der Waals surface area (Å²) in [6, 6.07) is 6.83. The Morgan fingerprint density at radius 2 is 1.95 bits per heavy atom. The van der Waals surface area contributed by atoms with Crippen molar-refractivity contribution in [3.05, 3.63) is 35.1 Å². The molecule has 3 heteroatoms. The van der Waals surface area contributed by atoms with Gasteiger partial charge in [0.25, 0.3) is 0 Å². The standard InChI is InChI=1S/C17H25FN2/c1-14(2)8-5-3-4-6-11-20-13-16-10-7-9-15(12-19)17(16)18/h7,9-10,14,20H,3-6,8,11,13H2,1-2H3. The van der Waals surface area contributed by atoms with Gasteiger partial charge in [0, 0.05) is 12.1 Å². The van der Waals surface area contributed by atoms with E-state index in [0.29, 0.717) is 12.1 Å². The van der Waals surface area contributed by atoms with E-state index in [0.717, 1.165) is 18.9 Å². The maximum atomic E-state index is 13.8. The zero-order valence-electron chi connectivity index (χ0n) is 12.6. The molecule has 0 atom stereocenters. The van der Waals surface area contributed by atoms with Gasteiger partial charge < -0.3 is 5.32 Å². The molecule has 0 aliphatic carbocycles. The summed E-state index contributed by atoms with van der Waals surface area (Å²) in [6.07, 6.45) is 6.23. The van der Waals surface area contributed by atoms with Crippen molar-refractivity contribution in [3.63, 3.8) is 0 Å². The largest absolute Gasteiger partial charge is 0.313 e. The third kappa shape index (κ3) is 6.16. The predicted octanol–water partition coefficient (Wildman–Crippen LogP) is 4.39. The van der Waals surface area contributed by atoms with Crippen molar-refractivity contribution in [1.82, 2.24) is 5.32 Å². The highest BCUT2D eigenvalue weighted by Gasteiger charge is 2.06. The van der Waals surface area contributed by atoms with E-state index in [4.69, 9.17) is 5.26 Å². The van der Waals surface area contributed by atoms with Crippen LogP contribution in [0.3, 0.4) is 0 Å². The van der Waals surface area contributed by atoms with Gasteiger partial charge in [-0.25, -0.2) is 4.39 Å². The molecule has 1 aromatic carbocycles. The Morgan fingerprint density at radius 1 is 1.20 bits per heavy atom. The van der Waals surface area contributed by atoms with E-state index in [-0.39, 0.29) is 11.4 Å². The third-order valence-corrected chi connectivity index (χ3v) is 3.40. The van der Waals surface area contributed by atoms with Crippen LogP contribution in [0.2, 0.25) is 0 Å². The number of hydrogen-bond donors (Lipinski definition) is 1. The molecule has 1 rings (SSSR count). The van der Waals surface area contributed by atoms with Gasteiger partial charge in [-0.2, -0.15) is 5.26 Å². The molecule has 0 heterocycles. The fraction of sp³-hybridized carbons (Fsp3) is 0.588. The van der Waals surface area contributed by atoms with Crippen molar-refractivity contribution < 1.29 is 4.39 Å². The van der Waals surface area contributed by atoms with Crippen LogP contribution in [0.1, 0.15) is 57.1 Å². The van der Waals surface area contributed by atoms with Crippen LogP contribution in [0, 0.1) is 23.1 Å². The minimum Gasteiger partial charge on any atom is -0.313 e. The number of benzene rings is 1. The summed E-state index contributed by atoms with van der Waals surface area (Å²) in [4.78, 5) is 0. The van der Waals surface area contributed by atoms with Crippen LogP contribution in [-0.4, -0.2) is 6.54 Å². The number of nitrogens with zero attached hydrogens (tertiary/aromatic N) is 1. The highest BCUT2D eigenvalue weighted by Crippen LogP contribution is 2.12. The monoisotopic (exact) mass is 276 g/mol. The summed E-state index contributed by atoms with van der Waals surface area (Å²) >= 11 is 0. The minimum atomic E-state index is -0.389. The number of unbranched alkanes of at least 4 members (excludes halogenated alkanes) is 3. The van der Waals surface area contributed by atoms with Crippen LogP contribution in [0.4, 0.5) is 4.39 Å². The number of halogens is 1. The smallest absolute Gasteiger partial charge is 0.145 e. The number of nitrogens with one attached hydrogen (secondary N) is 1. The van der Waals surface area contributed by atoms with E-state index in [1.165, 1.54) is 31.7 Å².